The molecule has 12 heteroatoms. The number of allylic oxidation sites excluding steroid dienone is 2. The van der Waals surface area contributed by atoms with Crippen LogP contribution in [0.25, 0.3) is 0 Å². The van der Waals surface area contributed by atoms with E-state index in [1.807, 2.05) is 0 Å². The van der Waals surface area contributed by atoms with E-state index >= 15 is 0 Å². The average molecular weight is 474 g/mol. The van der Waals surface area contributed by atoms with Crippen molar-refractivity contribution in [1.29, 1.82) is 5.41 Å². The van der Waals surface area contributed by atoms with Crippen molar-refractivity contribution in [2.24, 2.45) is 0 Å². The Morgan fingerprint density at radius 1 is 1.27 bits per heavy atom. The van der Waals surface area contributed by atoms with E-state index in [1.54, 1.807) is 31.2 Å². The predicted octanol–water partition coefficient (Wildman–Crippen LogP) is 2.87. The highest BCUT2D eigenvalue weighted by Gasteiger charge is 2.37. The zero-order chi connectivity index (χ0) is 24.2. The molecule has 1 aromatic rings. The van der Waals surface area contributed by atoms with Gasteiger partial charge in [0, 0.05) is 36.1 Å². The van der Waals surface area contributed by atoms with Crippen molar-refractivity contribution in [3.05, 3.63) is 65.7 Å². The number of amides is 2. The number of aryl methyl sites for hydroxylation is 1. The lowest BCUT2D eigenvalue weighted by Gasteiger charge is -2.33. The molecule has 1 atom stereocenters. The number of rotatable bonds is 7. The molecule has 0 unspecified atom stereocenters. The van der Waals surface area contributed by atoms with Crippen LogP contribution in [0.1, 0.15) is 18.9 Å². The highest BCUT2D eigenvalue weighted by atomic mass is 31.2. The van der Waals surface area contributed by atoms with E-state index < -0.39 is 37.4 Å². The Kier molecular flexibility index (Phi) is 7.15. The Balaban J connectivity index is 1.71. The summed E-state index contributed by atoms with van der Waals surface area (Å²) in [5.74, 6) is -1.46. The first-order chi connectivity index (χ1) is 15.6. The van der Waals surface area contributed by atoms with Crippen molar-refractivity contribution in [3.8, 4) is 0 Å². The van der Waals surface area contributed by atoms with E-state index in [2.05, 4.69) is 10.1 Å². The summed E-state index contributed by atoms with van der Waals surface area (Å²) in [6.45, 7) is 1.61. The fourth-order valence-corrected chi connectivity index (χ4v) is 4.85. The highest BCUT2D eigenvalue weighted by Crippen LogP contribution is 2.44. The number of amidine groups is 1. The van der Waals surface area contributed by atoms with Gasteiger partial charge in [0.25, 0.3) is 5.91 Å². The molecule has 0 fully saturated rings. The summed E-state index contributed by atoms with van der Waals surface area (Å²) < 4.78 is 17.5. The third-order valence-electron chi connectivity index (χ3n) is 4.78. The number of hydrogen-bond donors (Lipinski definition) is 4. The predicted molar refractivity (Wildman–Crippen MR) is 119 cm³/mol. The summed E-state index contributed by atoms with van der Waals surface area (Å²) in [6.07, 6.45) is 2.96. The minimum absolute atomic E-state index is 0.0760. The van der Waals surface area contributed by atoms with Crippen molar-refractivity contribution in [2.75, 3.05) is 17.6 Å². The van der Waals surface area contributed by atoms with E-state index in [9.17, 15) is 23.8 Å². The van der Waals surface area contributed by atoms with Gasteiger partial charge >= 0.3 is 6.16 Å². The maximum atomic E-state index is 13.1. The van der Waals surface area contributed by atoms with E-state index in [0.717, 1.165) is 21.3 Å². The van der Waals surface area contributed by atoms with Crippen molar-refractivity contribution in [2.45, 2.75) is 19.8 Å². The third kappa shape index (κ3) is 6.18. The quantitative estimate of drug-likeness (QED) is 0.203. The number of carboxylic acid groups (broad SMARTS) is 1. The van der Waals surface area contributed by atoms with Crippen LogP contribution in [0.15, 0.2) is 60.1 Å². The molecule has 0 aromatic heterocycles. The molecular formula is C21H23N4O7P. The van der Waals surface area contributed by atoms with Crippen LogP contribution in [0, 0.1) is 5.41 Å². The van der Waals surface area contributed by atoms with Gasteiger partial charge in [0.05, 0.1) is 12.0 Å². The lowest BCUT2D eigenvalue weighted by atomic mass is 10.1. The molecule has 0 bridgehead atoms. The number of fused-ring (bicyclic) bond motifs is 1. The molecule has 3 rings (SSSR count). The molecule has 2 amide bonds. The SMILES string of the molecule is CC(=N)Nc1ccc(CC[P@](=O)(O)CC2=CCC(=O)N3C=CC=C(OC(=O)O)N3C2=O)cc1. The standard InChI is InChI=1S/C21H23N4O7P/c1-14(22)23-17-7-4-15(5-8-17)10-12-33(30,31)13-16-6-9-18(26)24-11-2-3-19(32-21(28)29)25(24)20(16)27/h2-8,11H,9-10,12-13H2,1H3,(H2,22,23)(H,28,29)(H,30,31). The summed E-state index contributed by atoms with van der Waals surface area (Å²) in [4.78, 5) is 47.0. The average Bonchev–Trinajstić information content (AvgIpc) is 2.85. The van der Waals surface area contributed by atoms with E-state index in [-0.39, 0.29) is 30.4 Å². The van der Waals surface area contributed by atoms with Gasteiger partial charge in [-0.25, -0.2) is 9.80 Å². The molecule has 0 saturated carbocycles. The van der Waals surface area contributed by atoms with Crippen LogP contribution in [0.3, 0.4) is 0 Å². The summed E-state index contributed by atoms with van der Waals surface area (Å²) in [5, 5.41) is 20.9. The lowest BCUT2D eigenvalue weighted by molar-refractivity contribution is -0.154. The first kappa shape index (κ1) is 24.0. The minimum Gasteiger partial charge on any atom is -0.449 e. The first-order valence-electron chi connectivity index (χ1n) is 9.92. The fraction of sp³-hybridized carbons (Fsp3) is 0.238. The molecule has 33 heavy (non-hydrogen) atoms. The van der Waals surface area contributed by atoms with Crippen LogP contribution >= 0.6 is 7.37 Å². The monoisotopic (exact) mass is 474 g/mol. The molecule has 0 radical (unpaired) electrons. The van der Waals surface area contributed by atoms with Crippen molar-refractivity contribution in [3.63, 3.8) is 0 Å². The summed E-state index contributed by atoms with van der Waals surface area (Å²) in [7, 11) is -3.82. The second-order valence-electron chi connectivity index (χ2n) is 7.43. The Morgan fingerprint density at radius 2 is 1.97 bits per heavy atom. The van der Waals surface area contributed by atoms with Gasteiger partial charge in [0.15, 0.2) is 0 Å². The first-order valence-corrected chi connectivity index (χ1v) is 12.0. The summed E-state index contributed by atoms with van der Waals surface area (Å²) in [6, 6.07) is 7.07. The van der Waals surface area contributed by atoms with Gasteiger partial charge in [-0.05, 0) is 37.1 Å². The molecule has 4 N–H and O–H groups in total. The van der Waals surface area contributed by atoms with Gasteiger partial charge in [-0.1, -0.05) is 18.2 Å². The van der Waals surface area contributed by atoms with Gasteiger partial charge in [-0.2, -0.15) is 5.01 Å². The number of carbonyl (C=O) groups is 3. The fourth-order valence-electron chi connectivity index (χ4n) is 3.29. The van der Waals surface area contributed by atoms with Crippen LogP contribution in [0.4, 0.5) is 10.5 Å². The minimum atomic E-state index is -3.82. The van der Waals surface area contributed by atoms with Crippen molar-refractivity contribution >= 4 is 36.9 Å². The zero-order valence-corrected chi connectivity index (χ0v) is 18.6. The molecule has 0 spiro atoms. The summed E-state index contributed by atoms with van der Waals surface area (Å²) in [5.41, 5.74) is 1.46. The normalized spacial score (nSPS) is 17.4. The van der Waals surface area contributed by atoms with Crippen LogP contribution in [0.5, 0.6) is 0 Å². The van der Waals surface area contributed by atoms with Gasteiger partial charge in [0.1, 0.15) is 0 Å². The largest absolute Gasteiger partial charge is 0.512 e. The number of hydrazine groups is 1. The number of anilines is 1. The Morgan fingerprint density at radius 3 is 2.61 bits per heavy atom. The zero-order valence-electron chi connectivity index (χ0n) is 17.7. The number of carbonyl (C=O) groups excluding carboxylic acids is 2. The third-order valence-corrected chi connectivity index (χ3v) is 6.54. The topological polar surface area (TPSA) is 160 Å². The van der Waals surface area contributed by atoms with Gasteiger partial charge in [-0.15, -0.1) is 0 Å². The molecule has 0 aliphatic carbocycles. The Hall–Kier alpha value is -3.69. The molecule has 2 aliphatic rings. The molecule has 0 saturated heterocycles. The van der Waals surface area contributed by atoms with E-state index in [0.29, 0.717) is 0 Å². The molecule has 2 heterocycles. The van der Waals surface area contributed by atoms with Crippen LogP contribution in [-0.4, -0.2) is 56.1 Å². The van der Waals surface area contributed by atoms with Crippen molar-refractivity contribution in [1.82, 2.24) is 10.0 Å². The van der Waals surface area contributed by atoms with Crippen molar-refractivity contribution < 1.29 is 33.7 Å². The number of ether oxygens (including phenoxy) is 1. The molecule has 11 nitrogen and oxygen atoms in total. The molecule has 174 valence electrons. The maximum Gasteiger partial charge on any atom is 0.512 e. The number of nitrogens with one attached hydrogen (secondary N) is 2. The second-order valence-corrected chi connectivity index (χ2v) is 9.88. The number of hydrogen-bond acceptors (Lipinski definition) is 6. The van der Waals surface area contributed by atoms with Gasteiger partial charge in [0.2, 0.25) is 19.2 Å². The van der Waals surface area contributed by atoms with Gasteiger partial charge in [-0.3, -0.25) is 19.6 Å². The van der Waals surface area contributed by atoms with Crippen LogP contribution in [-0.2, 0) is 25.3 Å². The smallest absolute Gasteiger partial charge is 0.449 e. The number of benzene rings is 1. The Bertz CT molecular complexity index is 1120. The van der Waals surface area contributed by atoms with Gasteiger partial charge < -0.3 is 20.1 Å². The highest BCUT2D eigenvalue weighted by molar-refractivity contribution is 7.58. The van der Waals surface area contributed by atoms with Crippen LogP contribution in [0.2, 0.25) is 0 Å². The van der Waals surface area contributed by atoms with Crippen LogP contribution < -0.4 is 5.32 Å². The molecule has 1 aromatic carbocycles. The van der Waals surface area contributed by atoms with E-state index in [1.165, 1.54) is 24.4 Å². The Labute approximate surface area is 189 Å². The summed E-state index contributed by atoms with van der Waals surface area (Å²) >= 11 is 0. The maximum absolute atomic E-state index is 13.1. The molecule has 2 aliphatic heterocycles. The molecular weight excluding hydrogens is 451 g/mol. The lowest BCUT2D eigenvalue weighted by Crippen LogP contribution is -2.47. The number of nitrogens with zero attached hydrogens (tertiary/aromatic N) is 2. The van der Waals surface area contributed by atoms with E-state index in [4.69, 9.17) is 10.5 Å². The second kappa shape index (κ2) is 9.85.